The molecule has 0 aliphatic heterocycles. The molecule has 0 aliphatic carbocycles. The van der Waals surface area contributed by atoms with Crippen LogP contribution in [0.25, 0.3) is 0 Å². The molecule has 0 spiro atoms. The molecule has 104 valence electrons. The number of nitrogens with one attached hydrogen (secondary N) is 2. The van der Waals surface area contributed by atoms with Crippen LogP contribution in [0.4, 0.5) is 0 Å². The largest absolute Gasteiger partial charge is 0.316 e. The zero-order valence-corrected chi connectivity index (χ0v) is 13.6. The van der Waals surface area contributed by atoms with Crippen molar-refractivity contribution >= 4 is 25.3 Å². The van der Waals surface area contributed by atoms with E-state index in [1.807, 2.05) is 0 Å². The lowest BCUT2D eigenvalue weighted by Gasteiger charge is -2.35. The van der Waals surface area contributed by atoms with Crippen LogP contribution in [0.3, 0.4) is 0 Å². The summed E-state index contributed by atoms with van der Waals surface area (Å²) >= 11 is 8.97. The first-order chi connectivity index (χ1) is 7.95. The Kier molecular flexibility index (Phi) is 8.99. The molecule has 0 aromatic rings. The molecular weight excluding hydrogens is 248 g/mol. The van der Waals surface area contributed by atoms with E-state index in [2.05, 4.69) is 63.6 Å². The van der Waals surface area contributed by atoms with Crippen molar-refractivity contribution in [2.45, 2.75) is 46.1 Å². The Hall–Kier alpha value is 0.620. The standard InChI is InChI=1S/C13H30N2S2/c1-5-14-9-12(3,10-16)7-8-13(4,11-17)15-6-2/h14-17H,5-11H2,1-4H3/t12-,13+/m1/s1. The molecule has 4 heteroatoms. The minimum absolute atomic E-state index is 0.147. The first-order valence-corrected chi connectivity index (χ1v) is 7.89. The highest BCUT2D eigenvalue weighted by atomic mass is 32.1. The second-order valence-electron chi connectivity index (χ2n) is 5.50. The van der Waals surface area contributed by atoms with Crippen molar-refractivity contribution in [3.05, 3.63) is 0 Å². The van der Waals surface area contributed by atoms with Crippen molar-refractivity contribution in [3.8, 4) is 0 Å². The van der Waals surface area contributed by atoms with E-state index in [1.165, 1.54) is 6.42 Å². The quantitative estimate of drug-likeness (QED) is 0.462. The monoisotopic (exact) mass is 278 g/mol. The second-order valence-corrected chi connectivity index (χ2v) is 6.13. The minimum Gasteiger partial charge on any atom is -0.316 e. The first-order valence-electron chi connectivity index (χ1n) is 6.63. The molecule has 0 unspecified atom stereocenters. The van der Waals surface area contributed by atoms with E-state index in [0.29, 0.717) is 0 Å². The molecule has 2 nitrogen and oxygen atoms in total. The predicted molar refractivity (Wildman–Crippen MR) is 85.7 cm³/mol. The van der Waals surface area contributed by atoms with E-state index in [-0.39, 0.29) is 11.0 Å². The maximum Gasteiger partial charge on any atom is 0.0241 e. The highest BCUT2D eigenvalue weighted by Gasteiger charge is 2.28. The summed E-state index contributed by atoms with van der Waals surface area (Å²) in [5.74, 6) is 1.81. The molecule has 0 amide bonds. The molecule has 0 saturated carbocycles. The molecule has 0 aromatic heterocycles. The van der Waals surface area contributed by atoms with Crippen molar-refractivity contribution in [1.29, 1.82) is 0 Å². The Bertz CT molecular complexity index is 202. The van der Waals surface area contributed by atoms with Crippen LogP contribution in [0, 0.1) is 5.41 Å². The summed E-state index contributed by atoms with van der Waals surface area (Å²) in [5.41, 5.74) is 0.424. The summed E-state index contributed by atoms with van der Waals surface area (Å²) in [7, 11) is 0. The molecule has 0 bridgehead atoms. The molecule has 0 aromatic carbocycles. The van der Waals surface area contributed by atoms with Gasteiger partial charge in [0.15, 0.2) is 0 Å². The van der Waals surface area contributed by atoms with Crippen molar-refractivity contribution in [1.82, 2.24) is 10.6 Å². The lowest BCUT2D eigenvalue weighted by molar-refractivity contribution is 0.263. The van der Waals surface area contributed by atoms with Crippen LogP contribution < -0.4 is 10.6 Å². The molecule has 0 rings (SSSR count). The van der Waals surface area contributed by atoms with Crippen LogP contribution in [0.1, 0.15) is 40.5 Å². The Morgan fingerprint density at radius 2 is 1.59 bits per heavy atom. The van der Waals surface area contributed by atoms with E-state index >= 15 is 0 Å². The van der Waals surface area contributed by atoms with Gasteiger partial charge < -0.3 is 10.6 Å². The van der Waals surface area contributed by atoms with Crippen LogP contribution in [0.2, 0.25) is 0 Å². The van der Waals surface area contributed by atoms with Crippen molar-refractivity contribution in [3.63, 3.8) is 0 Å². The average Bonchev–Trinajstić information content (AvgIpc) is 2.34. The summed E-state index contributed by atoms with van der Waals surface area (Å²) in [4.78, 5) is 0. The highest BCUT2D eigenvalue weighted by Crippen LogP contribution is 2.28. The molecule has 2 N–H and O–H groups in total. The number of thiol groups is 2. The fourth-order valence-corrected chi connectivity index (χ4v) is 2.42. The van der Waals surface area contributed by atoms with E-state index in [1.54, 1.807) is 0 Å². The Morgan fingerprint density at radius 1 is 0.941 bits per heavy atom. The maximum absolute atomic E-state index is 4.51. The summed E-state index contributed by atoms with van der Waals surface area (Å²) in [6.45, 7) is 11.9. The van der Waals surface area contributed by atoms with Gasteiger partial charge in [-0.25, -0.2) is 0 Å². The van der Waals surface area contributed by atoms with E-state index in [0.717, 1.165) is 37.6 Å². The first kappa shape index (κ1) is 17.6. The van der Waals surface area contributed by atoms with Gasteiger partial charge in [-0.15, -0.1) is 0 Å². The second kappa shape index (κ2) is 8.68. The van der Waals surface area contributed by atoms with Gasteiger partial charge in [0.1, 0.15) is 0 Å². The molecule has 0 heterocycles. The predicted octanol–water partition coefficient (Wildman–Crippen LogP) is 2.61. The fourth-order valence-electron chi connectivity index (χ4n) is 1.88. The summed E-state index contributed by atoms with van der Waals surface area (Å²) in [5, 5.41) is 6.98. The summed E-state index contributed by atoms with van der Waals surface area (Å²) in [6.07, 6.45) is 2.32. The van der Waals surface area contributed by atoms with Gasteiger partial charge in [-0.1, -0.05) is 20.8 Å². The van der Waals surface area contributed by atoms with Gasteiger partial charge in [-0.3, -0.25) is 0 Å². The molecular formula is C13H30N2S2. The van der Waals surface area contributed by atoms with Crippen LogP contribution in [0.5, 0.6) is 0 Å². The van der Waals surface area contributed by atoms with Crippen LogP contribution >= 0.6 is 25.3 Å². The van der Waals surface area contributed by atoms with Gasteiger partial charge in [0.25, 0.3) is 0 Å². The van der Waals surface area contributed by atoms with Crippen molar-refractivity contribution in [2.75, 3.05) is 31.1 Å². The third kappa shape index (κ3) is 6.94. The fraction of sp³-hybridized carbons (Fsp3) is 1.00. The topological polar surface area (TPSA) is 24.1 Å². The molecule has 0 radical (unpaired) electrons. The molecule has 0 saturated heterocycles. The zero-order valence-electron chi connectivity index (χ0n) is 11.8. The summed E-state index contributed by atoms with van der Waals surface area (Å²) < 4.78 is 0. The van der Waals surface area contributed by atoms with E-state index in [9.17, 15) is 0 Å². The van der Waals surface area contributed by atoms with Gasteiger partial charge in [0.2, 0.25) is 0 Å². The smallest absolute Gasteiger partial charge is 0.0241 e. The number of hydrogen-bond donors (Lipinski definition) is 4. The van der Waals surface area contributed by atoms with Crippen LogP contribution in [0.15, 0.2) is 0 Å². The summed E-state index contributed by atoms with van der Waals surface area (Å²) in [6, 6.07) is 0. The third-order valence-corrected chi connectivity index (χ3v) is 4.88. The van der Waals surface area contributed by atoms with Gasteiger partial charge in [0.05, 0.1) is 0 Å². The number of hydrogen-bond acceptors (Lipinski definition) is 4. The highest BCUT2D eigenvalue weighted by molar-refractivity contribution is 7.80. The molecule has 0 fully saturated rings. The Labute approximate surface area is 119 Å². The number of rotatable bonds is 10. The van der Waals surface area contributed by atoms with Crippen molar-refractivity contribution in [2.24, 2.45) is 5.41 Å². The van der Waals surface area contributed by atoms with E-state index < -0.39 is 0 Å². The van der Waals surface area contributed by atoms with Crippen LogP contribution in [-0.2, 0) is 0 Å². The Morgan fingerprint density at radius 3 is 2.00 bits per heavy atom. The average molecular weight is 279 g/mol. The molecule has 17 heavy (non-hydrogen) atoms. The Balaban J connectivity index is 4.27. The van der Waals surface area contributed by atoms with Crippen molar-refractivity contribution < 1.29 is 0 Å². The SMILES string of the molecule is CCNC[C@](C)(CS)CC[C@@](C)(CS)NCC. The van der Waals surface area contributed by atoms with Gasteiger partial charge in [0, 0.05) is 17.8 Å². The lowest BCUT2D eigenvalue weighted by Crippen LogP contribution is -2.46. The van der Waals surface area contributed by atoms with Crippen LogP contribution in [-0.4, -0.2) is 36.7 Å². The molecule has 0 aliphatic rings. The normalized spacial score (nSPS) is 18.7. The van der Waals surface area contributed by atoms with E-state index in [4.69, 9.17) is 0 Å². The van der Waals surface area contributed by atoms with Gasteiger partial charge >= 0.3 is 0 Å². The zero-order chi connectivity index (χ0) is 13.4. The lowest BCUT2D eigenvalue weighted by atomic mass is 9.82. The van der Waals surface area contributed by atoms with Gasteiger partial charge in [-0.05, 0) is 44.0 Å². The van der Waals surface area contributed by atoms with Gasteiger partial charge in [-0.2, -0.15) is 25.3 Å². The third-order valence-electron chi connectivity index (χ3n) is 3.42. The minimum atomic E-state index is 0.147. The molecule has 2 atom stereocenters. The maximum atomic E-state index is 4.51.